The van der Waals surface area contributed by atoms with E-state index in [2.05, 4.69) is 117 Å². The summed E-state index contributed by atoms with van der Waals surface area (Å²) in [4.78, 5) is 0. The van der Waals surface area contributed by atoms with E-state index in [1.165, 1.54) is 21.9 Å². The van der Waals surface area contributed by atoms with Gasteiger partial charge >= 0.3 is 0 Å². The number of nitrogens with one attached hydrogen (secondary N) is 2. The molecule has 5 aromatic rings. The minimum absolute atomic E-state index is 0.00802. The predicted molar refractivity (Wildman–Crippen MR) is 156 cm³/mol. The monoisotopic (exact) mass is 521 g/mol. The number of benzene rings is 4. The largest absolute Gasteiger partial charge is 0.485 e. The van der Waals surface area contributed by atoms with Crippen molar-refractivity contribution in [2.45, 2.75) is 31.0 Å². The zero-order chi connectivity index (χ0) is 26.6. The van der Waals surface area contributed by atoms with Gasteiger partial charge in [0.15, 0.2) is 6.29 Å². The van der Waals surface area contributed by atoms with Gasteiger partial charge in [0.1, 0.15) is 18.0 Å². The van der Waals surface area contributed by atoms with Crippen LogP contribution in [0, 0.1) is 11.3 Å². The summed E-state index contributed by atoms with van der Waals surface area (Å²) in [5, 5.41) is 17.9. The Bertz CT molecular complexity index is 1860. The predicted octanol–water partition coefficient (Wildman–Crippen LogP) is 6.40. The Balaban J connectivity index is 1.27. The van der Waals surface area contributed by atoms with Crippen LogP contribution in [0.15, 0.2) is 115 Å². The molecule has 1 saturated heterocycles. The minimum atomic E-state index is -0.184. The maximum absolute atomic E-state index is 9.48. The summed E-state index contributed by atoms with van der Waals surface area (Å²) < 4.78 is 8.79. The van der Waals surface area contributed by atoms with Crippen LogP contribution in [0.1, 0.15) is 40.6 Å². The lowest BCUT2D eigenvalue weighted by atomic mass is 9.91. The molecule has 4 aromatic carbocycles. The molecule has 0 radical (unpaired) electrons. The van der Waals surface area contributed by atoms with Crippen molar-refractivity contribution in [1.29, 1.82) is 5.26 Å². The molecule has 1 fully saturated rings. The Hall–Kier alpha value is -4.67. The summed E-state index contributed by atoms with van der Waals surface area (Å²) in [6.45, 7) is 0.703. The number of hydrazine groups is 1. The molecular weight excluding hydrogens is 494 g/mol. The van der Waals surface area contributed by atoms with Crippen molar-refractivity contribution in [3.05, 3.63) is 138 Å². The average molecular weight is 522 g/mol. The molecule has 2 aliphatic heterocycles. The van der Waals surface area contributed by atoms with Crippen molar-refractivity contribution in [1.82, 2.24) is 20.3 Å². The molecule has 3 aliphatic rings. The van der Waals surface area contributed by atoms with E-state index in [4.69, 9.17) is 4.74 Å². The third-order valence-electron chi connectivity index (χ3n) is 8.20. The summed E-state index contributed by atoms with van der Waals surface area (Å²) >= 11 is 0. The number of aromatic nitrogens is 1. The third-order valence-corrected chi connectivity index (χ3v) is 8.20. The van der Waals surface area contributed by atoms with Gasteiger partial charge in [-0.15, -0.1) is 0 Å². The van der Waals surface area contributed by atoms with Gasteiger partial charge in [0.25, 0.3) is 0 Å². The molecule has 1 aliphatic carbocycles. The SMILES string of the molecule is N#Cc1cccc(C2NN2C(NCc2ccccc2)n2c3ccccc3c3cc4c(cc32)C2C=CC=CC2O4)c1. The molecular formula is C34H27N5O. The first-order valence-electron chi connectivity index (χ1n) is 13.7. The molecule has 0 saturated carbocycles. The van der Waals surface area contributed by atoms with E-state index in [1.54, 1.807) is 0 Å². The second-order valence-electron chi connectivity index (χ2n) is 10.6. The van der Waals surface area contributed by atoms with Gasteiger partial charge in [-0.05, 0) is 47.5 Å². The Morgan fingerprint density at radius 1 is 0.875 bits per heavy atom. The van der Waals surface area contributed by atoms with Gasteiger partial charge in [-0.2, -0.15) is 10.3 Å². The highest BCUT2D eigenvalue weighted by Crippen LogP contribution is 2.46. The molecule has 194 valence electrons. The van der Waals surface area contributed by atoms with E-state index in [0.717, 1.165) is 22.3 Å². The van der Waals surface area contributed by atoms with E-state index >= 15 is 0 Å². The molecule has 40 heavy (non-hydrogen) atoms. The van der Waals surface area contributed by atoms with Gasteiger partial charge in [0.05, 0.1) is 22.7 Å². The molecule has 0 bridgehead atoms. The van der Waals surface area contributed by atoms with Crippen molar-refractivity contribution in [3.63, 3.8) is 0 Å². The number of rotatable bonds is 6. The van der Waals surface area contributed by atoms with Crippen LogP contribution in [0.25, 0.3) is 21.8 Å². The number of fused-ring (bicyclic) bond motifs is 6. The van der Waals surface area contributed by atoms with E-state index in [1.807, 2.05) is 24.3 Å². The van der Waals surface area contributed by atoms with Crippen molar-refractivity contribution in [3.8, 4) is 11.8 Å². The van der Waals surface area contributed by atoms with Crippen molar-refractivity contribution in [2.24, 2.45) is 0 Å². The van der Waals surface area contributed by atoms with Crippen molar-refractivity contribution < 1.29 is 4.74 Å². The number of hydrogen-bond acceptors (Lipinski definition) is 5. The van der Waals surface area contributed by atoms with E-state index < -0.39 is 0 Å². The van der Waals surface area contributed by atoms with Crippen molar-refractivity contribution >= 4 is 21.8 Å². The highest BCUT2D eigenvalue weighted by atomic mass is 16.5. The van der Waals surface area contributed by atoms with Gasteiger partial charge in [-0.1, -0.05) is 78.9 Å². The van der Waals surface area contributed by atoms with Crippen LogP contribution in [-0.2, 0) is 6.54 Å². The molecule has 8 rings (SSSR count). The lowest BCUT2D eigenvalue weighted by molar-refractivity contribution is 0.219. The zero-order valence-corrected chi connectivity index (χ0v) is 21.7. The first-order valence-corrected chi connectivity index (χ1v) is 13.7. The summed E-state index contributed by atoms with van der Waals surface area (Å²) in [7, 11) is 0. The highest BCUT2D eigenvalue weighted by molar-refractivity contribution is 6.09. The van der Waals surface area contributed by atoms with Crippen LogP contribution in [-0.4, -0.2) is 15.7 Å². The number of allylic oxidation sites excluding steroid dienone is 2. The van der Waals surface area contributed by atoms with Crippen LogP contribution in [0.2, 0.25) is 0 Å². The highest BCUT2D eigenvalue weighted by Gasteiger charge is 2.43. The average Bonchev–Trinajstić information content (AvgIpc) is 3.63. The lowest BCUT2D eigenvalue weighted by Crippen LogP contribution is -2.33. The van der Waals surface area contributed by atoms with Gasteiger partial charge in [-0.3, -0.25) is 5.32 Å². The van der Waals surface area contributed by atoms with Gasteiger partial charge < -0.3 is 9.30 Å². The van der Waals surface area contributed by atoms with Crippen LogP contribution in [0.3, 0.4) is 0 Å². The fourth-order valence-electron chi connectivity index (χ4n) is 6.25. The molecule has 0 amide bonds. The summed E-state index contributed by atoms with van der Waals surface area (Å²) in [5.41, 5.74) is 10.1. The van der Waals surface area contributed by atoms with Gasteiger partial charge in [0.2, 0.25) is 0 Å². The van der Waals surface area contributed by atoms with Crippen LogP contribution >= 0.6 is 0 Å². The minimum Gasteiger partial charge on any atom is -0.485 e. The fraction of sp³-hybridized carbons (Fsp3) is 0.147. The van der Waals surface area contributed by atoms with E-state index in [0.29, 0.717) is 12.1 Å². The number of nitrogens with zero attached hydrogens (tertiary/aromatic N) is 3. The number of ether oxygens (including phenoxy) is 1. The normalized spacial score (nSPS) is 23.0. The topological polar surface area (TPSA) is 74.9 Å². The number of hydrogen-bond donors (Lipinski definition) is 2. The van der Waals surface area contributed by atoms with Crippen LogP contribution in [0.5, 0.6) is 5.75 Å². The summed E-state index contributed by atoms with van der Waals surface area (Å²) in [6, 6.07) is 33.7. The molecule has 6 heteroatoms. The molecule has 5 unspecified atom stereocenters. The smallest absolute Gasteiger partial charge is 0.156 e. The number of nitriles is 1. The van der Waals surface area contributed by atoms with Crippen LogP contribution < -0.4 is 15.5 Å². The summed E-state index contributed by atoms with van der Waals surface area (Å²) in [6.07, 6.45) is 8.42. The Labute approximate surface area is 232 Å². The van der Waals surface area contributed by atoms with Gasteiger partial charge in [0, 0.05) is 28.8 Å². The molecule has 6 nitrogen and oxygen atoms in total. The van der Waals surface area contributed by atoms with Crippen molar-refractivity contribution in [2.75, 3.05) is 0 Å². The molecule has 2 N–H and O–H groups in total. The maximum Gasteiger partial charge on any atom is 0.156 e. The quantitative estimate of drug-likeness (QED) is 0.253. The van der Waals surface area contributed by atoms with Gasteiger partial charge in [-0.25, -0.2) is 5.43 Å². The molecule has 1 aromatic heterocycles. The second kappa shape index (κ2) is 9.22. The maximum atomic E-state index is 9.48. The second-order valence-corrected chi connectivity index (χ2v) is 10.6. The van der Waals surface area contributed by atoms with E-state index in [9.17, 15) is 5.26 Å². The Kier molecular flexibility index (Phi) is 5.35. The Morgan fingerprint density at radius 3 is 2.62 bits per heavy atom. The molecule has 5 atom stereocenters. The van der Waals surface area contributed by atoms with E-state index in [-0.39, 0.29) is 24.5 Å². The lowest BCUT2D eigenvalue weighted by Gasteiger charge is -2.24. The number of para-hydroxylation sites is 1. The third kappa shape index (κ3) is 3.75. The first kappa shape index (κ1) is 23.2. The zero-order valence-electron chi connectivity index (χ0n) is 21.7. The standard InChI is InChI=1S/C34H27N5O/c35-20-23-11-8-12-24(17-23)33-37-39(33)34(36-21-22-9-2-1-3-10-22)38-29-15-6-4-13-25(29)27-19-32-28(18-30(27)38)26-14-5-7-16-31(26)40-32/h1-19,26,31,33-34,36-37H,21H2. The summed E-state index contributed by atoms with van der Waals surface area (Å²) in [5.74, 6) is 1.18. The molecule has 3 heterocycles. The van der Waals surface area contributed by atoms with Crippen LogP contribution in [0.4, 0.5) is 0 Å². The fourth-order valence-corrected chi connectivity index (χ4v) is 6.25. The molecule has 0 spiro atoms. The Morgan fingerprint density at radius 2 is 1.73 bits per heavy atom. The first-order chi connectivity index (χ1) is 19.8.